The summed E-state index contributed by atoms with van der Waals surface area (Å²) < 4.78 is 5.32. The van der Waals surface area contributed by atoms with Gasteiger partial charge in [-0.25, -0.2) is 0 Å². The first kappa shape index (κ1) is 10.5. The van der Waals surface area contributed by atoms with Gasteiger partial charge < -0.3 is 3.79 Å². The zero-order valence-corrected chi connectivity index (χ0v) is 9.90. The third kappa shape index (κ3) is 9.45. The Hall–Kier alpha value is 1.45. The summed E-state index contributed by atoms with van der Waals surface area (Å²) in [4.78, 5) is 0. The van der Waals surface area contributed by atoms with Crippen LogP contribution in [0, 0.1) is 0 Å². The normalized spacial score (nSPS) is 9.67. The van der Waals surface area contributed by atoms with E-state index in [0.29, 0.717) is 0 Å². The highest BCUT2D eigenvalue weighted by atomic mass is 79.9. The van der Waals surface area contributed by atoms with Crippen molar-refractivity contribution in [1.82, 2.24) is 0 Å². The van der Waals surface area contributed by atoms with E-state index in [-0.39, 0.29) is 0 Å². The molecule has 0 saturated heterocycles. The number of hydrogen-bond acceptors (Lipinski definition) is 1. The first-order chi connectivity index (χ1) is 4.27. The van der Waals surface area contributed by atoms with Crippen molar-refractivity contribution in [3.63, 3.8) is 0 Å². The molecular formula is C5H11AlBr2O. The van der Waals surface area contributed by atoms with Crippen LogP contribution in [0.15, 0.2) is 0 Å². The van der Waals surface area contributed by atoms with E-state index in [1.807, 2.05) is 0 Å². The van der Waals surface area contributed by atoms with Crippen molar-refractivity contribution in [1.29, 1.82) is 0 Å². The highest BCUT2D eigenvalue weighted by Gasteiger charge is 2.09. The number of halogens is 2. The van der Waals surface area contributed by atoms with Crippen molar-refractivity contribution in [3.8, 4) is 0 Å². The van der Waals surface area contributed by atoms with Gasteiger partial charge in [0.05, 0.1) is 0 Å². The van der Waals surface area contributed by atoms with Gasteiger partial charge in [-0.3, -0.25) is 0 Å². The maximum absolute atomic E-state index is 5.32. The van der Waals surface area contributed by atoms with Crippen LogP contribution in [-0.4, -0.2) is 17.4 Å². The largest absolute Gasteiger partial charge is 0.653 e. The maximum Gasteiger partial charge on any atom is 0.653 e. The van der Waals surface area contributed by atoms with Gasteiger partial charge in [-0.05, 0) is 6.42 Å². The van der Waals surface area contributed by atoms with E-state index in [1.54, 1.807) is 0 Å². The second kappa shape index (κ2) is 7.56. The summed E-state index contributed by atoms with van der Waals surface area (Å²) in [5.74, 6) is 0. The van der Waals surface area contributed by atoms with E-state index in [1.165, 1.54) is 19.3 Å². The Balaban J connectivity index is 2.75. The molecule has 1 nitrogen and oxygen atoms in total. The molecule has 0 amide bonds. The lowest BCUT2D eigenvalue weighted by Gasteiger charge is -2.00. The minimum Gasteiger partial charge on any atom is -0.484 e. The molecule has 0 fully saturated rings. The molecule has 0 aromatic rings. The van der Waals surface area contributed by atoms with Gasteiger partial charge in [0.25, 0.3) is 0 Å². The molecule has 0 radical (unpaired) electrons. The molecule has 0 aromatic heterocycles. The standard InChI is InChI=1S/C5H11O.Al.2BrH/c1-2-3-4-5-6;;;/h2-5H2,1H3;;2*1H/q-1;+3;;/p-2. The van der Waals surface area contributed by atoms with Crippen molar-refractivity contribution < 1.29 is 3.79 Å². The average molecular weight is 274 g/mol. The van der Waals surface area contributed by atoms with Crippen LogP contribution in [0.4, 0.5) is 0 Å². The van der Waals surface area contributed by atoms with Crippen LogP contribution in [-0.2, 0) is 3.79 Å². The van der Waals surface area contributed by atoms with Gasteiger partial charge in [-0.2, -0.15) is 28.1 Å². The predicted molar refractivity (Wildman–Crippen MR) is 49.1 cm³/mol. The zero-order valence-electron chi connectivity index (χ0n) is 5.57. The Labute approximate surface area is 75.2 Å². The van der Waals surface area contributed by atoms with Gasteiger partial charge in [-0.1, -0.05) is 19.8 Å². The quantitative estimate of drug-likeness (QED) is 0.553. The fourth-order valence-electron chi connectivity index (χ4n) is 0.524. The summed E-state index contributed by atoms with van der Waals surface area (Å²) in [6, 6.07) is 0. The smallest absolute Gasteiger partial charge is 0.484 e. The van der Waals surface area contributed by atoms with Crippen molar-refractivity contribution in [2.75, 3.05) is 6.61 Å². The van der Waals surface area contributed by atoms with Crippen molar-refractivity contribution in [3.05, 3.63) is 0 Å². The lowest BCUT2D eigenvalue weighted by molar-refractivity contribution is 0.330. The SMILES string of the molecule is CCCCC[O][Al]([Br])[Br]. The first-order valence-electron chi connectivity index (χ1n) is 3.17. The summed E-state index contributed by atoms with van der Waals surface area (Å²) in [7, 11) is -1.09. The van der Waals surface area contributed by atoms with Crippen LogP contribution in [0.1, 0.15) is 26.2 Å². The van der Waals surface area contributed by atoms with Crippen molar-refractivity contribution >= 4 is 38.9 Å². The van der Waals surface area contributed by atoms with Crippen LogP contribution in [0.3, 0.4) is 0 Å². The van der Waals surface area contributed by atoms with Crippen LogP contribution < -0.4 is 0 Å². The predicted octanol–water partition coefficient (Wildman–Crippen LogP) is 2.97. The molecule has 4 heteroatoms. The maximum atomic E-state index is 5.32. The van der Waals surface area contributed by atoms with Gasteiger partial charge in [0.15, 0.2) is 0 Å². The van der Waals surface area contributed by atoms with Crippen molar-refractivity contribution in [2.45, 2.75) is 26.2 Å². The Bertz CT molecular complexity index is 60.9. The average Bonchev–Trinajstić information content (AvgIpc) is 1.80. The molecule has 0 bridgehead atoms. The molecule has 0 atom stereocenters. The molecule has 0 aliphatic rings. The summed E-state index contributed by atoms with van der Waals surface area (Å²) in [6.07, 6.45) is 3.73. The Kier molecular flexibility index (Phi) is 8.78. The van der Waals surface area contributed by atoms with Gasteiger partial charge in [-0.15, -0.1) is 0 Å². The van der Waals surface area contributed by atoms with Gasteiger partial charge in [0, 0.05) is 6.61 Å². The minimum atomic E-state index is -1.09. The van der Waals surface area contributed by atoms with E-state index in [0.717, 1.165) is 6.61 Å². The molecule has 0 aromatic carbocycles. The summed E-state index contributed by atoms with van der Waals surface area (Å²) in [6.45, 7) is 3.10. The number of unbranched alkanes of at least 4 members (excludes halogenated alkanes) is 2. The second-order valence-corrected chi connectivity index (χ2v) is 11.4. The van der Waals surface area contributed by atoms with Gasteiger partial charge >= 0.3 is 10.8 Å². The molecule has 0 N–H and O–H groups in total. The molecule has 9 heavy (non-hydrogen) atoms. The molecule has 0 aliphatic heterocycles. The first-order valence-corrected chi connectivity index (χ1v) is 10.0. The second-order valence-electron chi connectivity index (χ2n) is 1.84. The van der Waals surface area contributed by atoms with Crippen LogP contribution in [0.2, 0.25) is 0 Å². The summed E-state index contributed by atoms with van der Waals surface area (Å²) >= 11 is 6.72. The molecule has 0 heterocycles. The monoisotopic (exact) mass is 272 g/mol. The third-order valence-corrected chi connectivity index (χ3v) is 3.07. The summed E-state index contributed by atoms with van der Waals surface area (Å²) in [5.41, 5.74) is 0. The topological polar surface area (TPSA) is 9.23 Å². The van der Waals surface area contributed by atoms with E-state index in [9.17, 15) is 0 Å². The molecule has 0 spiro atoms. The molecule has 0 unspecified atom stereocenters. The number of hydrogen-bond donors (Lipinski definition) is 0. The van der Waals surface area contributed by atoms with Gasteiger partial charge in [0.1, 0.15) is 0 Å². The molecule has 0 aliphatic carbocycles. The summed E-state index contributed by atoms with van der Waals surface area (Å²) in [5, 5.41) is 0. The van der Waals surface area contributed by atoms with E-state index in [2.05, 4.69) is 35.0 Å². The fraction of sp³-hybridized carbons (Fsp3) is 1.00. The zero-order chi connectivity index (χ0) is 7.11. The van der Waals surface area contributed by atoms with Gasteiger partial charge in [0.2, 0.25) is 0 Å². The van der Waals surface area contributed by atoms with E-state index < -0.39 is 10.8 Å². The van der Waals surface area contributed by atoms with Crippen LogP contribution in [0.25, 0.3) is 0 Å². The van der Waals surface area contributed by atoms with E-state index in [4.69, 9.17) is 3.79 Å². The highest BCUT2D eigenvalue weighted by Crippen LogP contribution is 2.05. The molecular weight excluding hydrogens is 263 g/mol. The third-order valence-electron chi connectivity index (χ3n) is 0.992. The van der Waals surface area contributed by atoms with Crippen LogP contribution in [0.5, 0.6) is 0 Å². The van der Waals surface area contributed by atoms with Crippen molar-refractivity contribution in [2.24, 2.45) is 0 Å². The number of rotatable bonds is 5. The fourth-order valence-corrected chi connectivity index (χ4v) is 1.99. The minimum absolute atomic E-state index is 0.904. The Morgan fingerprint density at radius 3 is 2.44 bits per heavy atom. The molecule has 0 saturated carbocycles. The van der Waals surface area contributed by atoms with Crippen LogP contribution >= 0.6 is 28.1 Å². The lowest BCUT2D eigenvalue weighted by Crippen LogP contribution is -2.01. The molecule has 0 rings (SSSR count). The lowest BCUT2D eigenvalue weighted by atomic mass is 10.3. The molecule has 54 valence electrons. The Morgan fingerprint density at radius 2 is 2.00 bits per heavy atom. The Morgan fingerprint density at radius 1 is 1.33 bits per heavy atom. The highest BCUT2D eigenvalue weighted by molar-refractivity contribution is 9.48. The van der Waals surface area contributed by atoms with E-state index >= 15 is 0 Å².